The van der Waals surface area contributed by atoms with Crippen LogP contribution in [0.3, 0.4) is 0 Å². The first-order valence-corrected chi connectivity index (χ1v) is 8.63. The van der Waals surface area contributed by atoms with Crippen molar-refractivity contribution in [1.82, 2.24) is 10.2 Å². The van der Waals surface area contributed by atoms with Crippen LogP contribution >= 0.6 is 35.3 Å². The van der Waals surface area contributed by atoms with Crippen molar-refractivity contribution >= 4 is 35.3 Å². The summed E-state index contributed by atoms with van der Waals surface area (Å²) in [5.41, 5.74) is 0.729. The SMILES string of the molecule is Cl.FC(F)(F)c1cccc([C@H](c2ccsc2)N2CCNCC2)c1Cl. The van der Waals surface area contributed by atoms with Crippen LogP contribution in [0.1, 0.15) is 22.7 Å². The van der Waals surface area contributed by atoms with Gasteiger partial charge in [-0.2, -0.15) is 24.5 Å². The van der Waals surface area contributed by atoms with Crippen molar-refractivity contribution in [2.24, 2.45) is 0 Å². The summed E-state index contributed by atoms with van der Waals surface area (Å²) in [6.45, 7) is 3.18. The van der Waals surface area contributed by atoms with Crippen molar-refractivity contribution in [3.8, 4) is 0 Å². The summed E-state index contributed by atoms with van der Waals surface area (Å²) in [5, 5.41) is 6.98. The number of nitrogens with zero attached hydrogens (tertiary/aromatic N) is 1. The van der Waals surface area contributed by atoms with Crippen LogP contribution in [0.2, 0.25) is 5.02 Å². The molecule has 2 aromatic rings. The molecule has 1 aromatic heterocycles. The van der Waals surface area contributed by atoms with Gasteiger partial charge in [0.2, 0.25) is 0 Å². The van der Waals surface area contributed by atoms with E-state index in [1.54, 1.807) is 6.07 Å². The summed E-state index contributed by atoms with van der Waals surface area (Å²) >= 11 is 7.70. The summed E-state index contributed by atoms with van der Waals surface area (Å²) in [6.07, 6.45) is -4.45. The Bertz CT molecular complexity index is 656. The van der Waals surface area contributed by atoms with E-state index in [0.29, 0.717) is 5.56 Å². The molecule has 132 valence electrons. The van der Waals surface area contributed by atoms with E-state index in [9.17, 15) is 13.2 Å². The monoisotopic (exact) mass is 396 g/mol. The fourth-order valence-corrected chi connectivity index (χ4v) is 3.95. The molecule has 1 atom stereocenters. The number of hydrogen-bond donors (Lipinski definition) is 1. The lowest BCUT2D eigenvalue weighted by Gasteiger charge is -2.35. The van der Waals surface area contributed by atoms with Crippen molar-refractivity contribution in [2.75, 3.05) is 26.2 Å². The number of rotatable bonds is 3. The number of hydrogen-bond acceptors (Lipinski definition) is 3. The maximum atomic E-state index is 13.2. The number of nitrogens with one attached hydrogen (secondary N) is 1. The van der Waals surface area contributed by atoms with Crippen LogP contribution in [0.25, 0.3) is 0 Å². The van der Waals surface area contributed by atoms with Gasteiger partial charge in [-0.15, -0.1) is 12.4 Å². The van der Waals surface area contributed by atoms with Gasteiger partial charge in [0, 0.05) is 26.2 Å². The molecule has 1 saturated heterocycles. The smallest absolute Gasteiger partial charge is 0.314 e. The van der Waals surface area contributed by atoms with Gasteiger partial charge in [-0.25, -0.2) is 0 Å². The Morgan fingerprint density at radius 1 is 1.17 bits per heavy atom. The third-order valence-electron chi connectivity index (χ3n) is 4.00. The lowest BCUT2D eigenvalue weighted by Crippen LogP contribution is -2.45. The summed E-state index contributed by atoms with van der Waals surface area (Å²) in [7, 11) is 0. The van der Waals surface area contributed by atoms with Crippen LogP contribution in [-0.2, 0) is 6.18 Å². The van der Waals surface area contributed by atoms with Crippen molar-refractivity contribution in [1.29, 1.82) is 0 Å². The van der Waals surface area contributed by atoms with Crippen LogP contribution in [0, 0.1) is 0 Å². The maximum Gasteiger partial charge on any atom is 0.417 e. The minimum Gasteiger partial charge on any atom is -0.314 e. The molecule has 0 bridgehead atoms. The van der Waals surface area contributed by atoms with Gasteiger partial charge in [0.25, 0.3) is 0 Å². The Balaban J connectivity index is 0.00000208. The highest BCUT2D eigenvalue weighted by atomic mass is 35.5. The van der Waals surface area contributed by atoms with Crippen LogP contribution in [0.5, 0.6) is 0 Å². The van der Waals surface area contributed by atoms with Crippen molar-refractivity contribution in [2.45, 2.75) is 12.2 Å². The van der Waals surface area contributed by atoms with E-state index in [-0.39, 0.29) is 23.5 Å². The number of piperazine rings is 1. The highest BCUT2D eigenvalue weighted by Gasteiger charge is 2.36. The molecule has 0 aliphatic carbocycles. The second-order valence-corrected chi connectivity index (χ2v) is 6.61. The lowest BCUT2D eigenvalue weighted by atomic mass is 9.96. The number of thiophene rings is 1. The fraction of sp³-hybridized carbons (Fsp3) is 0.375. The van der Waals surface area contributed by atoms with Crippen molar-refractivity contribution in [3.05, 3.63) is 56.7 Å². The molecule has 24 heavy (non-hydrogen) atoms. The van der Waals surface area contributed by atoms with Gasteiger partial charge in [-0.3, -0.25) is 4.90 Å². The average Bonchev–Trinajstić information content (AvgIpc) is 3.03. The van der Waals surface area contributed by atoms with Crippen molar-refractivity contribution < 1.29 is 13.2 Å². The quantitative estimate of drug-likeness (QED) is 0.798. The van der Waals surface area contributed by atoms with E-state index in [1.807, 2.05) is 16.8 Å². The van der Waals surface area contributed by atoms with E-state index in [0.717, 1.165) is 37.8 Å². The first kappa shape index (κ1) is 19.5. The van der Waals surface area contributed by atoms with E-state index >= 15 is 0 Å². The van der Waals surface area contributed by atoms with E-state index in [1.165, 1.54) is 17.4 Å². The Morgan fingerprint density at radius 3 is 2.46 bits per heavy atom. The van der Waals surface area contributed by atoms with E-state index in [2.05, 4.69) is 10.2 Å². The van der Waals surface area contributed by atoms with Gasteiger partial charge >= 0.3 is 6.18 Å². The molecule has 3 rings (SSSR count). The zero-order chi connectivity index (χ0) is 16.4. The molecular formula is C16H17Cl2F3N2S. The first-order valence-electron chi connectivity index (χ1n) is 7.31. The first-order chi connectivity index (χ1) is 11.0. The number of alkyl halides is 3. The molecule has 0 amide bonds. The van der Waals surface area contributed by atoms with Gasteiger partial charge in [-0.1, -0.05) is 23.7 Å². The van der Waals surface area contributed by atoms with Crippen LogP contribution in [-0.4, -0.2) is 31.1 Å². The number of halogens is 5. The minimum absolute atomic E-state index is 0. The molecule has 1 N–H and O–H groups in total. The zero-order valence-corrected chi connectivity index (χ0v) is 15.0. The molecule has 0 spiro atoms. The Labute approximate surface area is 154 Å². The topological polar surface area (TPSA) is 15.3 Å². The van der Waals surface area contributed by atoms with Gasteiger partial charge in [0.05, 0.1) is 16.6 Å². The summed E-state index contributed by atoms with van der Waals surface area (Å²) in [5.74, 6) is 0. The predicted octanol–water partition coefficient (Wildman–Crippen LogP) is 4.84. The van der Waals surface area contributed by atoms with Gasteiger partial charge in [0.1, 0.15) is 0 Å². The molecular weight excluding hydrogens is 380 g/mol. The molecule has 2 nitrogen and oxygen atoms in total. The average molecular weight is 397 g/mol. The standard InChI is InChI=1S/C16H16ClF3N2S.ClH/c17-14-12(2-1-3-13(14)16(18,19)20)15(11-4-9-23-10-11)22-7-5-21-6-8-22;/h1-4,9-10,15,21H,5-8H2;1H/t15-;/m0./s1. The normalized spacial score (nSPS) is 17.3. The molecule has 8 heteroatoms. The van der Waals surface area contributed by atoms with Crippen LogP contribution in [0.15, 0.2) is 35.0 Å². The Kier molecular flexibility index (Phi) is 6.56. The summed E-state index contributed by atoms with van der Waals surface area (Å²) in [4.78, 5) is 2.18. The second-order valence-electron chi connectivity index (χ2n) is 5.45. The molecule has 0 saturated carbocycles. The number of benzene rings is 1. The van der Waals surface area contributed by atoms with Crippen LogP contribution < -0.4 is 5.32 Å². The van der Waals surface area contributed by atoms with Gasteiger partial charge < -0.3 is 5.32 Å². The van der Waals surface area contributed by atoms with Gasteiger partial charge in [-0.05, 0) is 34.0 Å². The van der Waals surface area contributed by atoms with Crippen molar-refractivity contribution in [3.63, 3.8) is 0 Å². The summed E-state index contributed by atoms with van der Waals surface area (Å²) < 4.78 is 39.5. The maximum absolute atomic E-state index is 13.2. The molecule has 2 heterocycles. The van der Waals surface area contributed by atoms with Gasteiger partial charge in [0.15, 0.2) is 0 Å². The highest BCUT2D eigenvalue weighted by molar-refractivity contribution is 7.08. The lowest BCUT2D eigenvalue weighted by molar-refractivity contribution is -0.137. The van der Waals surface area contributed by atoms with Crippen LogP contribution in [0.4, 0.5) is 13.2 Å². The molecule has 1 aromatic carbocycles. The molecule has 0 radical (unpaired) electrons. The second kappa shape index (κ2) is 8.06. The summed E-state index contributed by atoms with van der Waals surface area (Å²) in [6, 6.07) is 5.87. The minimum atomic E-state index is -4.45. The highest BCUT2D eigenvalue weighted by Crippen LogP contribution is 2.41. The molecule has 1 aliphatic rings. The Hall–Kier alpha value is -0.790. The molecule has 1 aliphatic heterocycles. The third kappa shape index (κ3) is 4.06. The molecule has 0 unspecified atom stereocenters. The molecule has 1 fully saturated rings. The third-order valence-corrected chi connectivity index (χ3v) is 5.13. The Morgan fingerprint density at radius 2 is 1.88 bits per heavy atom. The van der Waals surface area contributed by atoms with E-state index in [4.69, 9.17) is 11.6 Å². The fourth-order valence-electron chi connectivity index (χ4n) is 2.94. The largest absolute Gasteiger partial charge is 0.417 e. The predicted molar refractivity (Wildman–Crippen MR) is 94.3 cm³/mol. The van der Waals surface area contributed by atoms with E-state index < -0.39 is 11.7 Å². The zero-order valence-electron chi connectivity index (χ0n) is 12.6.